The third-order valence-electron chi connectivity index (χ3n) is 8.38. The van der Waals surface area contributed by atoms with Crippen LogP contribution < -0.4 is 5.30 Å². The highest BCUT2D eigenvalue weighted by Crippen LogP contribution is 2.60. The van der Waals surface area contributed by atoms with Crippen LogP contribution in [-0.4, -0.2) is 31.7 Å². The summed E-state index contributed by atoms with van der Waals surface area (Å²) < 4.78 is 58.3. The number of pyridine rings is 1. The van der Waals surface area contributed by atoms with Crippen molar-refractivity contribution in [1.82, 2.24) is 4.98 Å². The number of alkyl halides is 2. The smallest absolute Gasteiger partial charge is 0.367 e. The number of rotatable bonds is 12. The van der Waals surface area contributed by atoms with E-state index < -0.39 is 32.0 Å². The van der Waals surface area contributed by atoms with Crippen LogP contribution in [0.5, 0.6) is 0 Å². The molecule has 1 aromatic heterocycles. The minimum absolute atomic E-state index is 0.0885. The van der Waals surface area contributed by atoms with Crippen molar-refractivity contribution >= 4 is 59.1 Å². The number of hydrogen-bond donors (Lipinski definition) is 4. The summed E-state index contributed by atoms with van der Waals surface area (Å²) in [5.41, 5.74) is -0.283. The molecular weight excluding hydrogens is 758 g/mol. The molecular formula is C35H34BrF2NO7P2S. The van der Waals surface area contributed by atoms with Gasteiger partial charge in [0.15, 0.2) is 0 Å². The number of methoxy groups -OCH3 is 1. The third kappa shape index (κ3) is 7.78. The van der Waals surface area contributed by atoms with Crippen molar-refractivity contribution in [2.24, 2.45) is 0 Å². The van der Waals surface area contributed by atoms with Gasteiger partial charge in [-0.15, -0.1) is 0 Å². The Balaban J connectivity index is 1.38. The monoisotopic (exact) mass is 791 g/mol. The van der Waals surface area contributed by atoms with Gasteiger partial charge in [0.25, 0.3) is 0 Å². The zero-order valence-corrected chi connectivity index (χ0v) is 30.9. The van der Waals surface area contributed by atoms with Crippen molar-refractivity contribution in [2.75, 3.05) is 7.11 Å². The SMILES string of the molecule is CCC(OC)(c1cccc(C)c1)c1ccc2cc(-c3ccc(CSCc4ccc(C(F)(F)P(=O)(O)O)c(Br)c4)cc3)cc(P(=O)(O)O)c2n1. The van der Waals surface area contributed by atoms with Crippen LogP contribution in [0.2, 0.25) is 0 Å². The van der Waals surface area contributed by atoms with Gasteiger partial charge >= 0.3 is 20.9 Å². The molecule has 0 spiro atoms. The van der Waals surface area contributed by atoms with Crippen LogP contribution in [0, 0.1) is 6.92 Å². The van der Waals surface area contributed by atoms with Crippen molar-refractivity contribution in [3.05, 3.63) is 129 Å². The molecule has 0 radical (unpaired) electrons. The first-order valence-electron chi connectivity index (χ1n) is 15.0. The molecule has 1 unspecified atom stereocenters. The lowest BCUT2D eigenvalue weighted by molar-refractivity contribution is 0.0152. The maximum Gasteiger partial charge on any atom is 0.399 e. The highest BCUT2D eigenvalue weighted by molar-refractivity contribution is 9.10. The largest absolute Gasteiger partial charge is 0.399 e. The number of halogens is 3. The Kier molecular flexibility index (Phi) is 11.1. The molecule has 0 bridgehead atoms. The summed E-state index contributed by atoms with van der Waals surface area (Å²) in [5, 5.41) is 0.392. The van der Waals surface area contributed by atoms with E-state index in [1.807, 2.05) is 80.6 Å². The third-order valence-corrected chi connectivity index (χ3v) is 12.1. The fourth-order valence-corrected chi connectivity index (χ4v) is 8.80. The molecule has 1 heterocycles. The summed E-state index contributed by atoms with van der Waals surface area (Å²) >= 11 is 4.53. The molecule has 0 amide bonds. The molecule has 0 aliphatic heterocycles. The first-order valence-corrected chi connectivity index (χ1v) is 20.2. The number of ether oxygens (including phenoxy) is 1. The Morgan fingerprint density at radius 1 is 0.857 bits per heavy atom. The summed E-state index contributed by atoms with van der Waals surface area (Å²) in [6, 6.07) is 26.3. The maximum atomic E-state index is 14.2. The molecule has 0 fully saturated rings. The normalized spacial score (nSPS) is 13.8. The zero-order chi connectivity index (χ0) is 35.8. The molecule has 0 aliphatic carbocycles. The van der Waals surface area contributed by atoms with E-state index in [9.17, 15) is 27.7 Å². The van der Waals surface area contributed by atoms with Gasteiger partial charge in [0.2, 0.25) is 0 Å². The Hall–Kier alpha value is -2.76. The fraction of sp³-hybridized carbons (Fsp3) is 0.229. The van der Waals surface area contributed by atoms with Crippen LogP contribution in [-0.2, 0) is 36.6 Å². The molecule has 4 aromatic carbocycles. The summed E-state index contributed by atoms with van der Waals surface area (Å²) in [4.78, 5) is 43.7. The summed E-state index contributed by atoms with van der Waals surface area (Å²) in [7, 11) is -8.83. The number of aryl methyl sites for hydroxylation is 1. The molecule has 5 rings (SSSR count). The van der Waals surface area contributed by atoms with Crippen molar-refractivity contribution in [2.45, 2.75) is 43.0 Å². The average molecular weight is 793 g/mol. The van der Waals surface area contributed by atoms with E-state index >= 15 is 0 Å². The zero-order valence-electron chi connectivity index (χ0n) is 26.7. The second-order valence-electron chi connectivity index (χ2n) is 11.7. The lowest BCUT2D eigenvalue weighted by atomic mass is 9.86. The van der Waals surface area contributed by atoms with Gasteiger partial charge in [-0.05, 0) is 65.4 Å². The van der Waals surface area contributed by atoms with Crippen molar-refractivity contribution in [3.8, 4) is 11.1 Å². The lowest BCUT2D eigenvalue weighted by Gasteiger charge is -2.32. The fourth-order valence-electron chi connectivity index (χ4n) is 5.76. The van der Waals surface area contributed by atoms with Gasteiger partial charge in [-0.3, -0.25) is 9.13 Å². The van der Waals surface area contributed by atoms with E-state index in [1.54, 1.807) is 7.11 Å². The number of nitrogens with zero attached hydrogens (tertiary/aromatic N) is 1. The number of thioether (sulfide) groups is 1. The van der Waals surface area contributed by atoms with E-state index in [4.69, 9.17) is 19.5 Å². The van der Waals surface area contributed by atoms with Crippen molar-refractivity contribution in [1.29, 1.82) is 0 Å². The molecule has 0 saturated heterocycles. The van der Waals surface area contributed by atoms with Crippen LogP contribution in [0.3, 0.4) is 0 Å². The Labute approximate surface area is 295 Å². The van der Waals surface area contributed by atoms with Gasteiger partial charge in [-0.1, -0.05) is 95.1 Å². The van der Waals surface area contributed by atoms with Gasteiger partial charge in [0.05, 0.1) is 16.5 Å². The molecule has 1 atom stereocenters. The molecule has 5 aromatic rings. The molecule has 0 aliphatic rings. The lowest BCUT2D eigenvalue weighted by Crippen LogP contribution is -2.31. The molecule has 8 nitrogen and oxygen atoms in total. The van der Waals surface area contributed by atoms with Gasteiger partial charge in [-0.25, -0.2) is 4.98 Å². The number of hydrogen-bond acceptors (Lipinski definition) is 5. The summed E-state index contributed by atoms with van der Waals surface area (Å²) in [6.07, 6.45) is 0.543. The maximum absolute atomic E-state index is 14.2. The topological polar surface area (TPSA) is 137 Å². The van der Waals surface area contributed by atoms with Crippen LogP contribution in [0.15, 0.2) is 95.5 Å². The predicted octanol–water partition coefficient (Wildman–Crippen LogP) is 8.74. The van der Waals surface area contributed by atoms with Crippen LogP contribution in [0.25, 0.3) is 22.0 Å². The quantitative estimate of drug-likeness (QED) is 0.0915. The minimum atomic E-state index is -5.68. The van der Waals surface area contributed by atoms with Gasteiger partial charge < -0.3 is 24.3 Å². The van der Waals surface area contributed by atoms with E-state index in [1.165, 1.54) is 30.0 Å². The standard InChI is InChI=1S/C35H34BrF2NO7P2S/c1-4-34(46-3,28-7-5-6-22(2)16-28)32-15-13-26-18-27(19-31(33(26)39-32)47(40,41)42)25-11-8-23(9-12-25)20-49-21-24-10-14-29(30(36)17-24)35(37,38)48(43,44)45/h5-19H,4,20-21H2,1-3H3,(H2,40,41,42)(H2,43,44,45). The number of benzene rings is 4. The van der Waals surface area contributed by atoms with E-state index in [2.05, 4.69) is 15.9 Å². The highest BCUT2D eigenvalue weighted by atomic mass is 79.9. The molecule has 258 valence electrons. The first kappa shape index (κ1) is 37.5. The first-order chi connectivity index (χ1) is 23.0. The average Bonchev–Trinajstić information content (AvgIpc) is 3.04. The molecule has 14 heteroatoms. The van der Waals surface area contributed by atoms with Gasteiger partial charge in [0.1, 0.15) is 5.60 Å². The summed E-state index contributed by atoms with van der Waals surface area (Å²) in [5.74, 6) is 1.04. The Morgan fingerprint density at radius 3 is 2.12 bits per heavy atom. The van der Waals surface area contributed by atoms with Crippen molar-refractivity contribution in [3.63, 3.8) is 0 Å². The van der Waals surface area contributed by atoms with E-state index in [0.717, 1.165) is 28.3 Å². The molecule has 4 N–H and O–H groups in total. The molecule has 0 saturated carbocycles. The Bertz CT molecular complexity index is 2100. The number of fused-ring (bicyclic) bond motifs is 1. The highest BCUT2D eigenvalue weighted by Gasteiger charge is 2.51. The van der Waals surface area contributed by atoms with E-state index in [0.29, 0.717) is 40.1 Å². The van der Waals surface area contributed by atoms with Crippen LogP contribution in [0.1, 0.15) is 46.9 Å². The van der Waals surface area contributed by atoms with E-state index in [-0.39, 0.29) is 15.3 Å². The van der Waals surface area contributed by atoms with Crippen molar-refractivity contribution < 1.29 is 42.2 Å². The second-order valence-corrected chi connectivity index (χ2v) is 16.7. The second kappa shape index (κ2) is 14.5. The summed E-state index contributed by atoms with van der Waals surface area (Å²) in [6.45, 7) is 3.96. The van der Waals surface area contributed by atoms with Gasteiger partial charge in [-0.2, -0.15) is 20.5 Å². The predicted molar refractivity (Wildman–Crippen MR) is 193 cm³/mol. The van der Waals surface area contributed by atoms with Crippen LogP contribution >= 0.6 is 42.9 Å². The molecule has 49 heavy (non-hydrogen) atoms. The minimum Gasteiger partial charge on any atom is -0.367 e. The number of aromatic nitrogens is 1. The Morgan fingerprint density at radius 2 is 1.53 bits per heavy atom. The van der Waals surface area contributed by atoms with Crippen LogP contribution in [0.4, 0.5) is 8.78 Å². The van der Waals surface area contributed by atoms with Gasteiger partial charge in [0, 0.05) is 34.0 Å².